The Kier molecular flexibility index (Phi) is 10.0. The van der Waals surface area contributed by atoms with Gasteiger partial charge >= 0.3 is 0 Å². The molecule has 1 N–H and O–H groups in total. The highest BCUT2D eigenvalue weighted by atomic mass is 16.3. The van der Waals surface area contributed by atoms with E-state index in [9.17, 15) is 19.2 Å². The molecule has 0 saturated carbocycles. The van der Waals surface area contributed by atoms with Crippen LogP contribution in [0.5, 0.6) is 0 Å². The number of carbonyl (C=O) groups excluding carboxylic acids is 3. The Balaban J connectivity index is 1.50. The van der Waals surface area contributed by atoms with Crippen LogP contribution in [0, 0.1) is 0 Å². The molecular formula is C29H36N4O5. The molecule has 0 atom stereocenters. The number of likely N-dealkylation sites (tertiary alicyclic amines) is 1. The predicted octanol–water partition coefficient (Wildman–Crippen LogP) is 2.94. The average Bonchev–Trinajstić information content (AvgIpc) is 3.30. The molecule has 0 bridgehead atoms. The molecule has 1 fully saturated rings. The number of hydrogen-bond acceptors (Lipinski definition) is 6. The molecular weight excluding hydrogens is 484 g/mol. The number of para-hydroxylation sites is 1. The monoisotopic (exact) mass is 520 g/mol. The van der Waals surface area contributed by atoms with Crippen LogP contribution in [0.1, 0.15) is 36.7 Å². The largest absolute Gasteiger partial charge is 0.451 e. The number of allylic oxidation sites excluding steroid dienone is 3. The first-order valence-electron chi connectivity index (χ1n) is 12.7. The van der Waals surface area contributed by atoms with Crippen molar-refractivity contribution in [1.82, 2.24) is 20.0 Å². The highest BCUT2D eigenvalue weighted by Crippen LogP contribution is 2.17. The number of carbonyl (C=O) groups is 3. The van der Waals surface area contributed by atoms with Crippen LogP contribution in [0.3, 0.4) is 0 Å². The fourth-order valence-corrected chi connectivity index (χ4v) is 4.38. The van der Waals surface area contributed by atoms with Gasteiger partial charge in [0.05, 0.1) is 11.9 Å². The molecule has 1 saturated heterocycles. The van der Waals surface area contributed by atoms with Crippen molar-refractivity contribution in [3.63, 3.8) is 0 Å². The van der Waals surface area contributed by atoms with Crippen LogP contribution in [-0.2, 0) is 9.59 Å². The van der Waals surface area contributed by atoms with E-state index in [1.165, 1.54) is 0 Å². The van der Waals surface area contributed by atoms with Crippen molar-refractivity contribution in [1.29, 1.82) is 0 Å². The van der Waals surface area contributed by atoms with Crippen LogP contribution in [0.15, 0.2) is 75.6 Å². The number of rotatable bonds is 12. The van der Waals surface area contributed by atoms with Crippen molar-refractivity contribution in [3.8, 4) is 0 Å². The fraction of sp³-hybridized carbons (Fsp3) is 0.379. The summed E-state index contributed by atoms with van der Waals surface area (Å²) in [5, 5.41) is 2.92. The first-order chi connectivity index (χ1) is 18.2. The lowest BCUT2D eigenvalue weighted by atomic mass is 10.1. The van der Waals surface area contributed by atoms with Crippen LogP contribution < -0.4 is 10.7 Å². The highest BCUT2D eigenvalue weighted by molar-refractivity contribution is 5.95. The minimum Gasteiger partial charge on any atom is -0.451 e. The van der Waals surface area contributed by atoms with E-state index in [1.54, 1.807) is 42.3 Å². The van der Waals surface area contributed by atoms with E-state index in [4.69, 9.17) is 4.42 Å². The smallest absolute Gasteiger partial charge is 0.287 e. The van der Waals surface area contributed by atoms with Gasteiger partial charge < -0.3 is 24.4 Å². The highest BCUT2D eigenvalue weighted by Gasteiger charge is 2.21. The third kappa shape index (κ3) is 7.44. The van der Waals surface area contributed by atoms with Crippen molar-refractivity contribution >= 4 is 28.7 Å². The first-order valence-corrected chi connectivity index (χ1v) is 12.7. The summed E-state index contributed by atoms with van der Waals surface area (Å²) in [6.07, 6.45) is 7.78. The second kappa shape index (κ2) is 13.4. The molecule has 0 spiro atoms. The number of fused-ring (bicyclic) bond motifs is 1. The Morgan fingerprint density at radius 3 is 2.61 bits per heavy atom. The zero-order valence-electron chi connectivity index (χ0n) is 22.4. The standard InChI is InChI=1S/C29H36N4O5/c1-5-6-12-23(21(2)20-33-17-9-14-27(33)35)31(3)15-10-16-32(4)28(36)19-30-29(37)26-18-24(34)22-11-7-8-13-25(22)38-26/h5-8,11-13,18H,1,9-10,14-17,19-20H2,2-4H3,(H,30,37)/b12-6-,23-21-. The van der Waals surface area contributed by atoms with E-state index in [0.717, 1.165) is 30.3 Å². The summed E-state index contributed by atoms with van der Waals surface area (Å²) in [4.78, 5) is 54.9. The van der Waals surface area contributed by atoms with Gasteiger partial charge in [-0.15, -0.1) is 0 Å². The van der Waals surface area contributed by atoms with Gasteiger partial charge in [0.2, 0.25) is 11.8 Å². The quantitative estimate of drug-likeness (QED) is 0.432. The van der Waals surface area contributed by atoms with Gasteiger partial charge in [-0.1, -0.05) is 30.9 Å². The maximum Gasteiger partial charge on any atom is 0.287 e. The summed E-state index contributed by atoms with van der Waals surface area (Å²) in [6.45, 7) is 8.13. The molecule has 1 aromatic heterocycles. The van der Waals surface area contributed by atoms with Gasteiger partial charge in [0.25, 0.3) is 5.91 Å². The maximum absolute atomic E-state index is 12.6. The molecule has 1 aliphatic rings. The lowest BCUT2D eigenvalue weighted by molar-refractivity contribution is -0.129. The summed E-state index contributed by atoms with van der Waals surface area (Å²) in [7, 11) is 3.67. The predicted molar refractivity (Wildman–Crippen MR) is 148 cm³/mol. The molecule has 9 nitrogen and oxygen atoms in total. The van der Waals surface area contributed by atoms with Crippen molar-refractivity contribution in [3.05, 3.63) is 82.4 Å². The second-order valence-electron chi connectivity index (χ2n) is 9.42. The fourth-order valence-electron chi connectivity index (χ4n) is 4.38. The number of likely N-dealkylation sites (N-methyl/N-ethyl adjacent to an activating group) is 2. The molecule has 3 amide bonds. The Morgan fingerprint density at radius 1 is 1.16 bits per heavy atom. The van der Waals surface area contributed by atoms with Crippen LogP contribution >= 0.6 is 0 Å². The Morgan fingerprint density at radius 2 is 1.89 bits per heavy atom. The average molecular weight is 521 g/mol. The number of hydrogen-bond donors (Lipinski definition) is 1. The van der Waals surface area contributed by atoms with E-state index in [1.807, 2.05) is 31.0 Å². The molecule has 1 aromatic carbocycles. The van der Waals surface area contributed by atoms with Gasteiger partial charge in [-0.2, -0.15) is 0 Å². The number of nitrogens with zero attached hydrogens (tertiary/aromatic N) is 3. The molecule has 38 heavy (non-hydrogen) atoms. The van der Waals surface area contributed by atoms with Crippen LogP contribution in [0.4, 0.5) is 0 Å². The second-order valence-corrected chi connectivity index (χ2v) is 9.42. The van der Waals surface area contributed by atoms with Gasteiger partial charge in [0.1, 0.15) is 5.58 Å². The molecule has 9 heteroatoms. The van der Waals surface area contributed by atoms with Crippen LogP contribution in [0.2, 0.25) is 0 Å². The SMILES string of the molecule is C=C/C=C\C(=C(/C)CN1CCCC1=O)N(C)CCCN(C)C(=O)CNC(=O)c1cc(=O)c2ccccc2o1. The number of amides is 3. The number of benzene rings is 1. The minimum atomic E-state index is -0.620. The molecule has 3 rings (SSSR count). The molecule has 0 radical (unpaired) electrons. The molecule has 2 heterocycles. The summed E-state index contributed by atoms with van der Waals surface area (Å²) in [6, 6.07) is 7.81. The maximum atomic E-state index is 12.6. The van der Waals surface area contributed by atoms with Crippen molar-refractivity contribution < 1.29 is 18.8 Å². The molecule has 1 aliphatic heterocycles. The summed E-state index contributed by atoms with van der Waals surface area (Å²) in [5.41, 5.74) is 2.11. The van der Waals surface area contributed by atoms with Gasteiger partial charge in [-0.25, -0.2) is 0 Å². The van der Waals surface area contributed by atoms with E-state index < -0.39 is 5.91 Å². The van der Waals surface area contributed by atoms with Crippen molar-refractivity contribution in [2.24, 2.45) is 0 Å². The van der Waals surface area contributed by atoms with Crippen LogP contribution in [-0.4, -0.2) is 79.2 Å². The van der Waals surface area contributed by atoms with Crippen molar-refractivity contribution in [2.45, 2.75) is 26.2 Å². The first kappa shape index (κ1) is 28.4. The minimum absolute atomic E-state index is 0.135. The topological polar surface area (TPSA) is 103 Å². The Labute approximate surface area is 223 Å². The molecule has 0 aliphatic carbocycles. The summed E-state index contributed by atoms with van der Waals surface area (Å²) in [5.74, 6) is -0.821. The molecule has 2 aromatic rings. The third-order valence-electron chi connectivity index (χ3n) is 6.51. The van der Waals surface area contributed by atoms with E-state index >= 15 is 0 Å². The Hall–Kier alpha value is -4.14. The van der Waals surface area contributed by atoms with Crippen molar-refractivity contribution in [2.75, 3.05) is 46.8 Å². The van der Waals surface area contributed by atoms with E-state index in [2.05, 4.69) is 16.8 Å². The molecule has 202 valence electrons. The van der Waals surface area contributed by atoms with Gasteiger partial charge in [0, 0.05) is 58.5 Å². The third-order valence-corrected chi connectivity index (χ3v) is 6.51. The molecule has 0 unspecified atom stereocenters. The Bertz CT molecular complexity index is 1310. The summed E-state index contributed by atoms with van der Waals surface area (Å²) >= 11 is 0. The zero-order valence-corrected chi connectivity index (χ0v) is 22.4. The van der Waals surface area contributed by atoms with Gasteiger partial charge in [0.15, 0.2) is 11.2 Å². The van der Waals surface area contributed by atoms with E-state index in [0.29, 0.717) is 43.4 Å². The normalized spacial score (nSPS) is 14.1. The van der Waals surface area contributed by atoms with E-state index in [-0.39, 0.29) is 29.5 Å². The lowest BCUT2D eigenvalue weighted by Crippen LogP contribution is -2.39. The number of nitrogens with one attached hydrogen (secondary N) is 1. The van der Waals surface area contributed by atoms with Gasteiger partial charge in [-0.05, 0) is 43.5 Å². The lowest BCUT2D eigenvalue weighted by Gasteiger charge is -2.26. The van der Waals surface area contributed by atoms with Gasteiger partial charge in [-0.3, -0.25) is 19.2 Å². The summed E-state index contributed by atoms with van der Waals surface area (Å²) < 4.78 is 5.53. The zero-order chi connectivity index (χ0) is 27.7. The van der Waals surface area contributed by atoms with Crippen LogP contribution in [0.25, 0.3) is 11.0 Å².